The van der Waals surface area contributed by atoms with Gasteiger partial charge in [-0.3, -0.25) is 4.79 Å². The smallest absolute Gasteiger partial charge is 0.321 e. The van der Waals surface area contributed by atoms with Crippen molar-refractivity contribution in [2.75, 3.05) is 25.9 Å². The average Bonchev–Trinajstić information content (AvgIpc) is 2.38. The summed E-state index contributed by atoms with van der Waals surface area (Å²) in [5.74, 6) is -1.53. The van der Waals surface area contributed by atoms with Crippen molar-refractivity contribution in [2.24, 2.45) is 0 Å². The number of halogens is 1. The van der Waals surface area contributed by atoms with Crippen LogP contribution in [0.25, 0.3) is 0 Å². The van der Waals surface area contributed by atoms with E-state index in [0.29, 0.717) is 0 Å². The Hall–Kier alpha value is -1.67. The van der Waals surface area contributed by atoms with Crippen molar-refractivity contribution in [3.63, 3.8) is 0 Å². The summed E-state index contributed by atoms with van der Waals surface area (Å²) in [5.41, 5.74) is 4.96. The van der Waals surface area contributed by atoms with E-state index in [1.807, 2.05) is 0 Å². The predicted octanol–water partition coefficient (Wildman–Crippen LogP) is 0.592. The normalized spacial score (nSPS) is 11.6. The Kier molecular flexibility index (Phi) is 4.84. The number of carbonyl (C=O) groups excluding carboxylic acids is 1. The van der Waals surface area contributed by atoms with E-state index < -0.39 is 34.0 Å². The lowest BCUT2D eigenvalue weighted by Crippen LogP contribution is -2.36. The minimum absolute atomic E-state index is 0.0351. The van der Waals surface area contributed by atoms with Gasteiger partial charge in [0.1, 0.15) is 17.3 Å². The van der Waals surface area contributed by atoms with E-state index in [1.165, 1.54) is 12.1 Å². The van der Waals surface area contributed by atoms with E-state index in [0.717, 1.165) is 17.5 Å². The van der Waals surface area contributed by atoms with Gasteiger partial charge in [0.15, 0.2) is 0 Å². The van der Waals surface area contributed by atoms with Gasteiger partial charge in [-0.1, -0.05) is 13.0 Å². The minimum Gasteiger partial charge on any atom is -0.468 e. The third kappa shape index (κ3) is 3.21. The van der Waals surface area contributed by atoms with Gasteiger partial charge in [0.05, 0.1) is 12.8 Å². The number of sulfonamides is 1. The molecule has 1 aromatic rings. The van der Waals surface area contributed by atoms with Crippen molar-refractivity contribution < 1.29 is 22.3 Å². The number of carbonyl (C=O) groups is 1. The van der Waals surface area contributed by atoms with Crippen LogP contribution in [-0.2, 0) is 19.6 Å². The maximum absolute atomic E-state index is 13.3. The number of ether oxygens (including phenoxy) is 1. The Bertz CT molecular complexity index is 574. The average molecular weight is 290 g/mol. The molecule has 2 N–H and O–H groups in total. The topological polar surface area (TPSA) is 89.7 Å². The number of nitrogens with zero attached hydrogens (tertiary/aromatic N) is 1. The molecule has 1 aromatic carbocycles. The summed E-state index contributed by atoms with van der Waals surface area (Å²) in [6, 6.07) is 3.49. The molecule has 0 fully saturated rings. The Labute approximate surface area is 111 Å². The van der Waals surface area contributed by atoms with E-state index in [-0.39, 0.29) is 11.4 Å². The number of para-hydroxylation sites is 1. The third-order valence-electron chi connectivity index (χ3n) is 2.52. The van der Waals surface area contributed by atoms with Gasteiger partial charge >= 0.3 is 5.97 Å². The van der Waals surface area contributed by atoms with E-state index in [1.54, 1.807) is 6.92 Å². The highest BCUT2D eigenvalue weighted by atomic mass is 32.2. The number of methoxy groups -OCH3 is 1. The van der Waals surface area contributed by atoms with Gasteiger partial charge in [-0.15, -0.1) is 0 Å². The number of likely N-dealkylation sites (N-methyl/N-ethyl adjacent to an activating group) is 1. The summed E-state index contributed by atoms with van der Waals surface area (Å²) in [6.45, 7) is 1.13. The molecule has 0 aliphatic heterocycles. The lowest BCUT2D eigenvalue weighted by molar-refractivity contribution is -0.140. The maximum atomic E-state index is 13.3. The number of hydrogen-bond acceptors (Lipinski definition) is 5. The molecule has 0 unspecified atom stereocenters. The Morgan fingerprint density at radius 2 is 2.11 bits per heavy atom. The van der Waals surface area contributed by atoms with E-state index >= 15 is 0 Å². The van der Waals surface area contributed by atoms with Crippen molar-refractivity contribution in [3.05, 3.63) is 24.0 Å². The monoisotopic (exact) mass is 290 g/mol. The molecule has 0 bridgehead atoms. The molecule has 0 amide bonds. The Balaban J connectivity index is 3.21. The zero-order valence-electron chi connectivity index (χ0n) is 10.6. The fourth-order valence-corrected chi connectivity index (χ4v) is 2.98. The van der Waals surface area contributed by atoms with Gasteiger partial charge in [0, 0.05) is 6.54 Å². The van der Waals surface area contributed by atoms with Crippen LogP contribution in [0.1, 0.15) is 6.92 Å². The lowest BCUT2D eigenvalue weighted by atomic mass is 10.3. The molecule has 0 saturated heterocycles. The number of anilines is 1. The summed E-state index contributed by atoms with van der Waals surface area (Å²) in [6.07, 6.45) is 0. The van der Waals surface area contributed by atoms with Crippen LogP contribution in [-0.4, -0.2) is 38.9 Å². The molecule has 0 spiro atoms. The van der Waals surface area contributed by atoms with Crippen LogP contribution >= 0.6 is 0 Å². The number of esters is 1. The molecule has 106 valence electrons. The van der Waals surface area contributed by atoms with Crippen LogP contribution in [0.4, 0.5) is 10.1 Å². The van der Waals surface area contributed by atoms with Crippen molar-refractivity contribution in [3.8, 4) is 0 Å². The van der Waals surface area contributed by atoms with E-state index in [9.17, 15) is 17.6 Å². The van der Waals surface area contributed by atoms with E-state index in [4.69, 9.17) is 5.73 Å². The molecule has 0 aliphatic rings. The van der Waals surface area contributed by atoms with Crippen molar-refractivity contribution in [2.45, 2.75) is 11.8 Å². The van der Waals surface area contributed by atoms with Gasteiger partial charge in [0.25, 0.3) is 0 Å². The van der Waals surface area contributed by atoms with Gasteiger partial charge in [-0.2, -0.15) is 4.31 Å². The number of hydrogen-bond donors (Lipinski definition) is 1. The largest absolute Gasteiger partial charge is 0.468 e. The minimum atomic E-state index is -4.04. The fraction of sp³-hybridized carbons (Fsp3) is 0.364. The Morgan fingerprint density at radius 3 is 2.63 bits per heavy atom. The van der Waals surface area contributed by atoms with Crippen LogP contribution in [0.15, 0.2) is 23.1 Å². The maximum Gasteiger partial charge on any atom is 0.321 e. The van der Waals surface area contributed by atoms with Crippen molar-refractivity contribution in [1.29, 1.82) is 0 Å². The first-order valence-electron chi connectivity index (χ1n) is 5.45. The highest BCUT2D eigenvalue weighted by Crippen LogP contribution is 2.24. The second kappa shape index (κ2) is 5.98. The van der Waals surface area contributed by atoms with Gasteiger partial charge in [-0.05, 0) is 12.1 Å². The van der Waals surface area contributed by atoms with E-state index in [2.05, 4.69) is 4.74 Å². The molecule has 0 heterocycles. The molecule has 0 aromatic heterocycles. The molecule has 6 nitrogen and oxygen atoms in total. The van der Waals surface area contributed by atoms with Crippen LogP contribution in [0.3, 0.4) is 0 Å². The number of benzene rings is 1. The molecule has 0 saturated carbocycles. The lowest BCUT2D eigenvalue weighted by Gasteiger charge is -2.20. The molecular weight excluding hydrogens is 275 g/mol. The quantitative estimate of drug-likeness (QED) is 0.633. The van der Waals surface area contributed by atoms with Crippen LogP contribution in [0.5, 0.6) is 0 Å². The fourth-order valence-electron chi connectivity index (χ4n) is 1.46. The van der Waals surface area contributed by atoms with Crippen LogP contribution in [0.2, 0.25) is 0 Å². The Morgan fingerprint density at radius 1 is 1.47 bits per heavy atom. The number of rotatable bonds is 5. The van der Waals surface area contributed by atoms with Gasteiger partial charge in [-0.25, -0.2) is 12.8 Å². The summed E-state index contributed by atoms with van der Waals surface area (Å²) in [4.78, 5) is 10.8. The predicted molar refractivity (Wildman–Crippen MR) is 67.3 cm³/mol. The summed E-state index contributed by atoms with van der Waals surface area (Å²) >= 11 is 0. The molecule has 19 heavy (non-hydrogen) atoms. The molecule has 1 rings (SSSR count). The SMILES string of the molecule is CCN(CC(=O)OC)S(=O)(=O)c1cccc(F)c1N. The third-order valence-corrected chi connectivity index (χ3v) is 4.50. The highest BCUT2D eigenvalue weighted by Gasteiger charge is 2.28. The first-order chi connectivity index (χ1) is 8.84. The van der Waals surface area contributed by atoms with Crippen LogP contribution < -0.4 is 5.73 Å². The first kappa shape index (κ1) is 15.4. The van der Waals surface area contributed by atoms with Crippen LogP contribution in [0, 0.1) is 5.82 Å². The molecule has 0 atom stereocenters. The first-order valence-corrected chi connectivity index (χ1v) is 6.89. The molecule has 0 aliphatic carbocycles. The zero-order chi connectivity index (χ0) is 14.6. The van der Waals surface area contributed by atoms with Gasteiger partial charge < -0.3 is 10.5 Å². The second-order valence-corrected chi connectivity index (χ2v) is 5.57. The molecular formula is C11H15FN2O4S. The second-order valence-electron chi connectivity index (χ2n) is 3.66. The summed E-state index contributed by atoms with van der Waals surface area (Å²) < 4.78 is 43.1. The molecule has 8 heteroatoms. The van der Waals surface area contributed by atoms with Crippen molar-refractivity contribution in [1.82, 2.24) is 4.31 Å². The standard InChI is InChI=1S/C11H15FN2O4S/c1-3-14(7-10(15)18-2)19(16,17)9-6-4-5-8(12)11(9)13/h4-6H,3,7,13H2,1-2H3. The summed E-state index contributed by atoms with van der Waals surface area (Å²) in [5, 5.41) is 0. The molecule has 0 radical (unpaired) electrons. The number of nitrogen functional groups attached to an aromatic ring is 1. The number of nitrogens with two attached hydrogens (primary N) is 1. The zero-order valence-corrected chi connectivity index (χ0v) is 11.4. The van der Waals surface area contributed by atoms with Crippen molar-refractivity contribution >= 4 is 21.7 Å². The highest BCUT2D eigenvalue weighted by molar-refractivity contribution is 7.89. The van der Waals surface area contributed by atoms with Gasteiger partial charge in [0.2, 0.25) is 10.0 Å². The summed E-state index contributed by atoms with van der Waals surface area (Å²) in [7, 11) is -2.89.